The topological polar surface area (TPSA) is 89.2 Å². The van der Waals surface area contributed by atoms with E-state index in [0.29, 0.717) is 18.5 Å². The van der Waals surface area contributed by atoms with E-state index in [4.69, 9.17) is 0 Å². The first-order valence-electron chi connectivity index (χ1n) is 9.79. The summed E-state index contributed by atoms with van der Waals surface area (Å²) >= 11 is 0. The maximum absolute atomic E-state index is 13.5. The number of para-hydroxylation sites is 1. The minimum atomic E-state index is -0.894. The molecule has 8 heteroatoms. The van der Waals surface area contributed by atoms with E-state index >= 15 is 0 Å². The van der Waals surface area contributed by atoms with Crippen molar-refractivity contribution in [2.24, 2.45) is 14.1 Å². The molecule has 1 fully saturated rings. The van der Waals surface area contributed by atoms with Gasteiger partial charge in [-0.25, -0.2) is 0 Å². The molecule has 0 bridgehead atoms. The molecule has 30 heavy (non-hydrogen) atoms. The van der Waals surface area contributed by atoms with E-state index in [2.05, 4.69) is 10.4 Å². The molecule has 2 aromatic heterocycles. The first kappa shape index (κ1) is 18.4. The van der Waals surface area contributed by atoms with Gasteiger partial charge < -0.3 is 14.8 Å². The number of aryl methyl sites for hydroxylation is 2. The number of pyridine rings is 1. The lowest BCUT2D eigenvalue weighted by molar-refractivity contribution is -0.121. The van der Waals surface area contributed by atoms with Gasteiger partial charge in [0.2, 0.25) is 5.91 Å². The van der Waals surface area contributed by atoms with Crippen molar-refractivity contribution in [3.63, 3.8) is 0 Å². The maximum atomic E-state index is 13.5. The largest absolute Gasteiger partial charge is 0.330 e. The zero-order valence-electron chi connectivity index (χ0n) is 16.7. The zero-order chi connectivity index (χ0) is 21.0. The van der Waals surface area contributed by atoms with Gasteiger partial charge in [-0.2, -0.15) is 5.10 Å². The highest BCUT2D eigenvalue weighted by Crippen LogP contribution is 2.54. The maximum Gasteiger partial charge on any atom is 0.254 e. The number of nitrogens with zero attached hydrogens (tertiary/aromatic N) is 4. The van der Waals surface area contributed by atoms with Crippen molar-refractivity contribution in [3.8, 4) is 0 Å². The third-order valence-corrected chi connectivity index (χ3v) is 6.24. The quantitative estimate of drug-likeness (QED) is 0.704. The van der Waals surface area contributed by atoms with Crippen LogP contribution in [0.1, 0.15) is 33.9 Å². The molecule has 0 unspecified atom stereocenters. The molecule has 3 aromatic rings. The molecule has 2 aliphatic heterocycles. The molecule has 0 radical (unpaired) electrons. The number of aromatic nitrogens is 3. The zero-order valence-corrected chi connectivity index (χ0v) is 16.7. The first-order chi connectivity index (χ1) is 14.4. The van der Waals surface area contributed by atoms with Crippen molar-refractivity contribution in [2.75, 3.05) is 11.9 Å². The van der Waals surface area contributed by atoms with Gasteiger partial charge in [-0.1, -0.05) is 18.2 Å². The lowest BCUT2D eigenvalue weighted by Gasteiger charge is -2.33. The molecule has 8 nitrogen and oxygen atoms in total. The van der Waals surface area contributed by atoms with Crippen molar-refractivity contribution < 1.29 is 9.59 Å². The molecular formula is C22H21N5O3. The summed E-state index contributed by atoms with van der Waals surface area (Å²) in [5.74, 6) is -0.382. The van der Waals surface area contributed by atoms with Crippen molar-refractivity contribution in [3.05, 3.63) is 82.0 Å². The summed E-state index contributed by atoms with van der Waals surface area (Å²) in [6, 6.07) is 10.1. The van der Waals surface area contributed by atoms with Gasteiger partial charge in [-0.05, 0) is 24.1 Å². The number of benzene rings is 1. The Morgan fingerprint density at radius 3 is 2.73 bits per heavy atom. The van der Waals surface area contributed by atoms with Crippen LogP contribution in [0, 0.1) is 0 Å². The second-order valence-electron chi connectivity index (χ2n) is 7.93. The third kappa shape index (κ3) is 2.46. The molecule has 2 aliphatic rings. The molecule has 0 aliphatic carbocycles. The summed E-state index contributed by atoms with van der Waals surface area (Å²) < 4.78 is 3.09. The average Bonchev–Trinajstić information content (AvgIpc) is 3.41. The highest BCUT2D eigenvalue weighted by molar-refractivity contribution is 6.08. The Morgan fingerprint density at radius 2 is 2.00 bits per heavy atom. The van der Waals surface area contributed by atoms with Crippen LogP contribution in [0.15, 0.2) is 59.8 Å². The van der Waals surface area contributed by atoms with E-state index in [-0.39, 0.29) is 17.4 Å². The minimum absolute atomic E-state index is 0.114. The van der Waals surface area contributed by atoms with E-state index in [9.17, 15) is 14.4 Å². The Morgan fingerprint density at radius 1 is 1.20 bits per heavy atom. The molecule has 1 N–H and O–H groups in total. The number of hydrogen-bond donors (Lipinski definition) is 1. The van der Waals surface area contributed by atoms with E-state index in [1.54, 1.807) is 42.1 Å². The number of amides is 2. The van der Waals surface area contributed by atoms with Crippen molar-refractivity contribution in [2.45, 2.75) is 17.9 Å². The predicted molar refractivity (Wildman–Crippen MR) is 110 cm³/mol. The Bertz CT molecular complexity index is 1240. The summed E-state index contributed by atoms with van der Waals surface area (Å²) in [4.78, 5) is 40.6. The van der Waals surface area contributed by atoms with Gasteiger partial charge in [0, 0.05) is 55.9 Å². The number of nitrogens with one attached hydrogen (secondary N) is 1. The highest BCUT2D eigenvalue weighted by atomic mass is 16.2. The van der Waals surface area contributed by atoms with Crippen molar-refractivity contribution in [1.29, 1.82) is 0 Å². The fourth-order valence-electron chi connectivity index (χ4n) is 4.80. The summed E-state index contributed by atoms with van der Waals surface area (Å²) in [7, 11) is 3.44. The van der Waals surface area contributed by atoms with Gasteiger partial charge in [0.05, 0.1) is 12.2 Å². The van der Waals surface area contributed by atoms with Crippen LogP contribution in [-0.2, 0) is 24.3 Å². The Hall–Kier alpha value is -3.68. The van der Waals surface area contributed by atoms with E-state index in [0.717, 1.165) is 16.8 Å². The van der Waals surface area contributed by atoms with Crippen LogP contribution in [0.2, 0.25) is 0 Å². The Balaban J connectivity index is 1.66. The van der Waals surface area contributed by atoms with E-state index in [1.165, 1.54) is 10.6 Å². The normalized spacial score (nSPS) is 22.4. The number of fused-ring (bicyclic) bond motifs is 2. The minimum Gasteiger partial charge on any atom is -0.330 e. The van der Waals surface area contributed by atoms with Crippen molar-refractivity contribution in [1.82, 2.24) is 19.2 Å². The second kappa shape index (κ2) is 6.41. The Kier molecular flexibility index (Phi) is 3.92. The monoisotopic (exact) mass is 403 g/mol. The summed E-state index contributed by atoms with van der Waals surface area (Å²) in [5.41, 5.74) is 1.63. The summed E-state index contributed by atoms with van der Waals surface area (Å²) in [5, 5.41) is 7.28. The van der Waals surface area contributed by atoms with Gasteiger partial charge in [0.1, 0.15) is 5.41 Å². The van der Waals surface area contributed by atoms with Crippen LogP contribution in [0.4, 0.5) is 5.69 Å². The SMILES string of the molecule is Cn1cc([C@@H]2N(C(=O)c3ccn(C)c(=O)c3)CC[C@]23C(=O)Nc2ccccc23)cn1. The molecule has 2 amide bonds. The molecule has 2 atom stereocenters. The Labute approximate surface area is 172 Å². The average molecular weight is 403 g/mol. The van der Waals surface area contributed by atoms with E-state index in [1.807, 2.05) is 30.5 Å². The van der Waals surface area contributed by atoms with Gasteiger partial charge in [-0.3, -0.25) is 19.1 Å². The number of likely N-dealkylation sites (tertiary alicyclic amines) is 1. The van der Waals surface area contributed by atoms with E-state index < -0.39 is 11.5 Å². The fourth-order valence-corrected chi connectivity index (χ4v) is 4.80. The molecule has 1 spiro atoms. The van der Waals surface area contributed by atoms with Gasteiger partial charge >= 0.3 is 0 Å². The van der Waals surface area contributed by atoms with Gasteiger partial charge in [-0.15, -0.1) is 0 Å². The number of hydrogen-bond acceptors (Lipinski definition) is 4. The van der Waals surface area contributed by atoms with Crippen LogP contribution in [0.3, 0.4) is 0 Å². The molecule has 152 valence electrons. The van der Waals surface area contributed by atoms with Gasteiger partial charge in [0.15, 0.2) is 0 Å². The van der Waals surface area contributed by atoms with Crippen LogP contribution < -0.4 is 10.9 Å². The first-order valence-corrected chi connectivity index (χ1v) is 9.79. The smallest absolute Gasteiger partial charge is 0.254 e. The molecular weight excluding hydrogens is 382 g/mol. The summed E-state index contributed by atoms with van der Waals surface area (Å²) in [6.07, 6.45) is 5.62. The van der Waals surface area contributed by atoms with Gasteiger partial charge in [0.25, 0.3) is 11.5 Å². The number of carbonyl (C=O) groups excluding carboxylic acids is 2. The number of rotatable bonds is 2. The van der Waals surface area contributed by atoms with Crippen LogP contribution in [0.25, 0.3) is 0 Å². The molecule has 4 heterocycles. The number of carbonyl (C=O) groups is 2. The van der Waals surface area contributed by atoms with Crippen LogP contribution >= 0.6 is 0 Å². The lowest BCUT2D eigenvalue weighted by Crippen LogP contribution is -2.42. The predicted octanol–water partition coefficient (Wildman–Crippen LogP) is 1.60. The van der Waals surface area contributed by atoms with Crippen molar-refractivity contribution >= 4 is 17.5 Å². The number of anilines is 1. The van der Waals surface area contributed by atoms with Crippen LogP contribution in [0.5, 0.6) is 0 Å². The third-order valence-electron chi connectivity index (χ3n) is 6.24. The highest BCUT2D eigenvalue weighted by Gasteiger charge is 2.59. The molecule has 1 saturated heterocycles. The second-order valence-corrected chi connectivity index (χ2v) is 7.93. The standard InChI is InChI=1S/C22H21N5O3/c1-25-9-7-14(11-18(25)28)20(29)27-10-8-22(19(27)15-12-23-26(2)13-15)16-5-3-4-6-17(16)24-21(22)30/h3-7,9,11-13,19H,8,10H2,1-2H3,(H,24,30)/t19-,22+/m0/s1. The van der Waals surface area contributed by atoms with Crippen LogP contribution in [-0.4, -0.2) is 37.6 Å². The molecule has 0 saturated carbocycles. The molecule has 5 rings (SSSR count). The summed E-state index contributed by atoms with van der Waals surface area (Å²) in [6.45, 7) is 0.398. The lowest BCUT2D eigenvalue weighted by atomic mass is 9.73. The fraction of sp³-hybridized carbons (Fsp3) is 0.273. The molecule has 1 aromatic carbocycles.